The number of rotatable bonds is 4. The van der Waals surface area contributed by atoms with Gasteiger partial charge in [-0.15, -0.1) is 0 Å². The largest absolute Gasteiger partial charge is 0.495 e. The Kier molecular flexibility index (Phi) is 4.51. The monoisotopic (exact) mass is 351 g/mol. The lowest BCUT2D eigenvalue weighted by Gasteiger charge is -2.03. The van der Waals surface area contributed by atoms with E-state index in [-0.39, 0.29) is 5.71 Å². The molecule has 1 heterocycles. The fraction of sp³-hybridized carbons (Fsp3) is 0.0588. The Morgan fingerprint density at radius 3 is 2.72 bits per heavy atom. The Hall–Kier alpha value is -3.55. The van der Waals surface area contributed by atoms with Crippen LogP contribution in [0.25, 0.3) is 22.6 Å². The number of nitrogens with one attached hydrogen (secondary N) is 1. The highest BCUT2D eigenvalue weighted by Gasteiger charge is 2.11. The lowest BCUT2D eigenvalue weighted by molar-refractivity contribution is 0.415. The summed E-state index contributed by atoms with van der Waals surface area (Å²) in [6.07, 6.45) is 0. The zero-order chi connectivity index (χ0) is 17.8. The minimum Gasteiger partial charge on any atom is -0.495 e. The van der Waals surface area contributed by atoms with Gasteiger partial charge in [-0.25, -0.2) is 4.98 Å². The van der Waals surface area contributed by atoms with Crippen LogP contribution in [0.3, 0.4) is 0 Å². The molecule has 2 aromatic carbocycles. The Morgan fingerprint density at radius 2 is 2.04 bits per heavy atom. The molecule has 0 bridgehead atoms. The first-order chi connectivity index (χ1) is 12.1. The van der Waals surface area contributed by atoms with Crippen molar-refractivity contribution in [1.29, 1.82) is 10.5 Å². The van der Waals surface area contributed by atoms with Gasteiger partial charge in [-0.2, -0.15) is 15.6 Å². The van der Waals surface area contributed by atoms with Gasteiger partial charge >= 0.3 is 0 Å². The summed E-state index contributed by atoms with van der Waals surface area (Å²) in [7, 11) is 1.54. The molecule has 0 unspecified atom stereocenters. The maximum absolute atomic E-state index is 8.67. The molecule has 3 rings (SSSR count). The van der Waals surface area contributed by atoms with Gasteiger partial charge in [-0.3, -0.25) is 5.43 Å². The van der Waals surface area contributed by atoms with Crippen LogP contribution in [0.2, 0.25) is 5.02 Å². The van der Waals surface area contributed by atoms with Crippen LogP contribution in [-0.4, -0.2) is 17.8 Å². The molecular formula is C17H10ClN5O2. The van der Waals surface area contributed by atoms with Crippen molar-refractivity contribution in [2.75, 3.05) is 12.5 Å². The number of aromatic nitrogens is 1. The van der Waals surface area contributed by atoms with Gasteiger partial charge < -0.3 is 9.15 Å². The summed E-state index contributed by atoms with van der Waals surface area (Å²) < 4.78 is 10.9. The minimum absolute atomic E-state index is 0.270. The van der Waals surface area contributed by atoms with Crippen molar-refractivity contribution in [2.45, 2.75) is 0 Å². The molecule has 8 heteroatoms. The zero-order valence-electron chi connectivity index (χ0n) is 12.9. The third kappa shape index (κ3) is 3.37. The second kappa shape index (κ2) is 6.91. The molecule has 0 fully saturated rings. The summed E-state index contributed by atoms with van der Waals surface area (Å²) in [5, 5.41) is 21.5. The lowest BCUT2D eigenvalue weighted by atomic mass is 10.2. The fourth-order valence-corrected chi connectivity index (χ4v) is 2.37. The maximum atomic E-state index is 8.67. The Balaban J connectivity index is 1.93. The molecule has 0 amide bonds. The summed E-state index contributed by atoms with van der Waals surface area (Å²) in [5.74, 6) is 0.978. The van der Waals surface area contributed by atoms with Gasteiger partial charge in [0.25, 0.3) is 0 Å². The van der Waals surface area contributed by atoms with E-state index in [2.05, 4.69) is 15.5 Å². The van der Waals surface area contributed by atoms with E-state index in [4.69, 9.17) is 31.3 Å². The highest BCUT2D eigenvalue weighted by atomic mass is 35.5. The molecule has 122 valence electrons. The lowest BCUT2D eigenvalue weighted by Crippen LogP contribution is -1.95. The highest BCUT2D eigenvalue weighted by Crippen LogP contribution is 2.31. The van der Waals surface area contributed by atoms with Crippen LogP contribution in [0.4, 0.5) is 5.69 Å². The predicted octanol–water partition coefficient (Wildman–Crippen LogP) is 3.97. The quantitative estimate of drug-likeness (QED) is 0.562. The number of nitriles is 2. The Labute approximate surface area is 147 Å². The first-order valence-electron chi connectivity index (χ1n) is 7.03. The molecule has 0 aliphatic rings. The van der Waals surface area contributed by atoms with Gasteiger partial charge in [0.2, 0.25) is 11.6 Å². The number of ether oxygens (including phenoxy) is 1. The van der Waals surface area contributed by atoms with Crippen LogP contribution in [0.15, 0.2) is 45.9 Å². The van der Waals surface area contributed by atoms with Crippen LogP contribution in [0.5, 0.6) is 5.75 Å². The predicted molar refractivity (Wildman–Crippen MR) is 93.3 cm³/mol. The summed E-state index contributed by atoms with van der Waals surface area (Å²) in [6.45, 7) is 0. The SMILES string of the molecule is COc1ccc(-c2nc3cc(NN=C(C#N)C#N)ccc3o2)cc1Cl. The van der Waals surface area contributed by atoms with Crippen molar-refractivity contribution in [3.05, 3.63) is 41.4 Å². The van der Waals surface area contributed by atoms with Gasteiger partial charge in [-0.05, 0) is 36.4 Å². The molecule has 1 aromatic heterocycles. The van der Waals surface area contributed by atoms with Gasteiger partial charge in [-0.1, -0.05) is 11.6 Å². The van der Waals surface area contributed by atoms with E-state index in [9.17, 15) is 0 Å². The molecular weight excluding hydrogens is 342 g/mol. The number of halogens is 1. The normalized spacial score (nSPS) is 9.92. The number of fused-ring (bicyclic) bond motifs is 1. The molecule has 0 atom stereocenters. The number of hydrogen-bond donors (Lipinski definition) is 1. The number of benzene rings is 2. The van der Waals surface area contributed by atoms with Crippen LogP contribution in [0, 0.1) is 22.7 Å². The number of hydrogen-bond acceptors (Lipinski definition) is 7. The van der Waals surface area contributed by atoms with Crippen molar-refractivity contribution < 1.29 is 9.15 Å². The first-order valence-corrected chi connectivity index (χ1v) is 7.41. The van der Waals surface area contributed by atoms with Crippen molar-refractivity contribution in [1.82, 2.24) is 4.98 Å². The van der Waals surface area contributed by atoms with Gasteiger partial charge in [0.1, 0.15) is 23.4 Å². The molecule has 25 heavy (non-hydrogen) atoms. The molecule has 0 radical (unpaired) electrons. The van der Waals surface area contributed by atoms with Crippen LogP contribution in [0.1, 0.15) is 0 Å². The van der Waals surface area contributed by atoms with Crippen molar-refractivity contribution in [3.8, 4) is 29.3 Å². The molecule has 7 nitrogen and oxygen atoms in total. The van der Waals surface area contributed by atoms with Crippen molar-refractivity contribution >= 4 is 34.1 Å². The number of methoxy groups -OCH3 is 1. The number of oxazole rings is 1. The van der Waals surface area contributed by atoms with E-state index in [1.165, 1.54) is 0 Å². The molecule has 1 N–H and O–H groups in total. The van der Waals surface area contributed by atoms with Crippen LogP contribution < -0.4 is 10.2 Å². The van der Waals surface area contributed by atoms with E-state index in [0.29, 0.717) is 39.0 Å². The number of hydrazone groups is 1. The summed E-state index contributed by atoms with van der Waals surface area (Å²) in [6, 6.07) is 13.7. The molecule has 0 saturated heterocycles. The summed E-state index contributed by atoms with van der Waals surface area (Å²) in [4.78, 5) is 4.42. The zero-order valence-corrected chi connectivity index (χ0v) is 13.7. The van der Waals surface area contributed by atoms with Crippen molar-refractivity contribution in [2.24, 2.45) is 5.10 Å². The molecule has 0 aliphatic carbocycles. The van der Waals surface area contributed by atoms with E-state index >= 15 is 0 Å². The third-order valence-electron chi connectivity index (χ3n) is 3.29. The van der Waals surface area contributed by atoms with E-state index in [0.717, 1.165) is 0 Å². The van der Waals surface area contributed by atoms with E-state index in [1.807, 2.05) is 0 Å². The average Bonchev–Trinajstić information content (AvgIpc) is 3.06. The third-order valence-corrected chi connectivity index (χ3v) is 3.59. The topological polar surface area (TPSA) is 107 Å². The van der Waals surface area contributed by atoms with E-state index in [1.54, 1.807) is 55.6 Å². The van der Waals surface area contributed by atoms with Crippen LogP contribution >= 0.6 is 11.6 Å². The summed E-state index contributed by atoms with van der Waals surface area (Å²) >= 11 is 6.13. The van der Waals surface area contributed by atoms with Crippen molar-refractivity contribution in [3.63, 3.8) is 0 Å². The van der Waals surface area contributed by atoms with E-state index < -0.39 is 0 Å². The standard InChI is InChI=1S/C17H10ClN5O2/c1-24-15-4-2-10(6-13(15)18)17-21-14-7-11(3-5-16(14)25-17)22-23-12(8-19)9-20/h2-7,22H,1H3. The first kappa shape index (κ1) is 16.3. The van der Waals surface area contributed by atoms with Gasteiger partial charge in [0.15, 0.2) is 5.58 Å². The maximum Gasteiger partial charge on any atom is 0.237 e. The Morgan fingerprint density at radius 1 is 1.24 bits per heavy atom. The molecule has 0 saturated carbocycles. The average molecular weight is 352 g/mol. The molecule has 0 aliphatic heterocycles. The summed E-state index contributed by atoms with van der Waals surface area (Å²) in [5.41, 5.74) is 4.83. The minimum atomic E-state index is -0.270. The second-order valence-electron chi connectivity index (χ2n) is 4.85. The second-order valence-corrected chi connectivity index (χ2v) is 5.25. The van der Waals surface area contributed by atoms with Gasteiger partial charge in [0, 0.05) is 5.56 Å². The highest BCUT2D eigenvalue weighted by molar-refractivity contribution is 6.32. The smallest absolute Gasteiger partial charge is 0.237 e. The Bertz CT molecular complexity index is 1040. The van der Waals surface area contributed by atoms with Crippen LogP contribution in [-0.2, 0) is 0 Å². The van der Waals surface area contributed by atoms with Gasteiger partial charge in [0.05, 0.1) is 17.8 Å². The number of nitrogens with zero attached hydrogens (tertiary/aromatic N) is 4. The molecule has 0 spiro atoms. The number of anilines is 1. The fourth-order valence-electron chi connectivity index (χ4n) is 2.12. The molecule has 3 aromatic rings.